The Hall–Kier alpha value is -7.82. The van der Waals surface area contributed by atoms with E-state index >= 15 is 0 Å². The smallest absolute Gasteiger partial charge is 0.335 e. The summed E-state index contributed by atoms with van der Waals surface area (Å²) in [6.07, 6.45) is 14.1. The Morgan fingerprint density at radius 1 is 0.262 bits per heavy atom. The third-order valence-corrected chi connectivity index (χ3v) is 10.5. The normalized spacial score (nSPS) is 12.7. The van der Waals surface area contributed by atoms with Crippen molar-refractivity contribution in [1.82, 2.24) is 0 Å². The van der Waals surface area contributed by atoms with Crippen LogP contribution in [0.1, 0.15) is 63.7 Å². The molecule has 8 nitrogen and oxygen atoms in total. The van der Waals surface area contributed by atoms with E-state index in [4.69, 9.17) is 8.42 Å². The van der Waals surface area contributed by atoms with Gasteiger partial charge < -0.3 is 11.0 Å². The topological polar surface area (TPSA) is 165 Å². The maximum atomic E-state index is 11.6. The third kappa shape index (κ3) is 8.52. The molecule has 12 rings (SSSR count). The highest BCUT2D eigenvalue weighted by molar-refractivity contribution is 7.51. The van der Waals surface area contributed by atoms with Gasteiger partial charge >= 0.3 is 11.6 Å². The van der Waals surface area contributed by atoms with E-state index in [0.29, 0.717) is 0 Å². The third-order valence-electron chi connectivity index (χ3n) is 10.5. The summed E-state index contributed by atoms with van der Waals surface area (Å²) in [6.45, 7) is 0. The van der Waals surface area contributed by atoms with Crippen molar-refractivity contribution in [1.29, 1.82) is 0 Å². The number of carbonyl (C=O) groups is 4. The zero-order chi connectivity index (χ0) is 40.9. The Labute approximate surface area is 353 Å². The molecule has 0 radical (unpaired) electrons. The molecule has 0 amide bonds. The molecule has 0 atom stereocenters. The van der Waals surface area contributed by atoms with E-state index in [2.05, 4.69) is 0 Å². The standard InChI is InChI=1S/4C13H8O.O2S.2H2O/c4*14-12-8-7-10-4-1-3-9-5-2-6-11(12)13(9)10;1-3-2;;/h4*1-8H;;2*1H2. The molecule has 8 aromatic carbocycles. The Bertz CT molecular complexity index is 2780. The Balaban J connectivity index is 0.000000132. The van der Waals surface area contributed by atoms with Gasteiger partial charge in [-0.05, 0) is 68.1 Å². The molecular weight excluding hydrogens is 785 g/mol. The summed E-state index contributed by atoms with van der Waals surface area (Å²) in [5, 5.41) is 8.89. The van der Waals surface area contributed by atoms with Crippen LogP contribution in [0.3, 0.4) is 0 Å². The second-order valence-corrected chi connectivity index (χ2v) is 14.0. The average Bonchev–Trinajstić information content (AvgIpc) is 3.27. The van der Waals surface area contributed by atoms with E-state index in [9.17, 15) is 19.2 Å². The molecular formula is C52H36O8S. The second-order valence-electron chi connectivity index (χ2n) is 13.9. The van der Waals surface area contributed by atoms with E-state index in [1.54, 1.807) is 24.3 Å². The highest BCUT2D eigenvalue weighted by atomic mass is 32.1. The highest BCUT2D eigenvalue weighted by Gasteiger charge is 2.16. The summed E-state index contributed by atoms with van der Waals surface area (Å²) in [4.78, 5) is 46.3. The van der Waals surface area contributed by atoms with Crippen LogP contribution in [0, 0.1) is 0 Å². The molecule has 0 saturated heterocycles. The minimum absolute atomic E-state index is 0. The molecule has 0 aliphatic heterocycles. The molecule has 298 valence electrons. The van der Waals surface area contributed by atoms with Crippen LogP contribution < -0.4 is 0 Å². The first-order valence-electron chi connectivity index (χ1n) is 18.7. The maximum Gasteiger partial charge on any atom is 0.335 e. The summed E-state index contributed by atoms with van der Waals surface area (Å²) < 4.78 is 16.6. The van der Waals surface area contributed by atoms with Gasteiger partial charge in [0, 0.05) is 43.8 Å². The number of carbonyl (C=O) groups excluding carboxylic acids is 4. The van der Waals surface area contributed by atoms with Gasteiger partial charge in [0.15, 0.2) is 23.1 Å². The first-order valence-corrected chi connectivity index (χ1v) is 19.4. The van der Waals surface area contributed by atoms with Crippen LogP contribution in [0.25, 0.3) is 67.4 Å². The van der Waals surface area contributed by atoms with Gasteiger partial charge in [0.25, 0.3) is 0 Å². The molecule has 0 heterocycles. The monoisotopic (exact) mass is 820 g/mol. The van der Waals surface area contributed by atoms with Crippen molar-refractivity contribution in [2.24, 2.45) is 0 Å². The summed E-state index contributed by atoms with van der Waals surface area (Å²) in [7, 11) is 0. The lowest BCUT2D eigenvalue weighted by molar-refractivity contribution is 0.104. The fourth-order valence-electron chi connectivity index (χ4n) is 7.88. The molecule has 4 aliphatic carbocycles. The molecule has 0 spiro atoms. The van der Waals surface area contributed by atoms with Crippen LogP contribution in [0.5, 0.6) is 0 Å². The molecule has 4 N–H and O–H groups in total. The van der Waals surface area contributed by atoms with E-state index in [0.717, 1.165) is 87.6 Å². The van der Waals surface area contributed by atoms with Crippen LogP contribution in [-0.4, -0.2) is 42.5 Å². The van der Waals surface area contributed by atoms with E-state index < -0.39 is 11.6 Å². The van der Waals surface area contributed by atoms with Crippen LogP contribution in [0.2, 0.25) is 0 Å². The van der Waals surface area contributed by atoms with Crippen LogP contribution in [-0.2, 0) is 11.6 Å². The highest BCUT2D eigenvalue weighted by Crippen LogP contribution is 2.31. The first kappa shape index (κ1) is 42.8. The van der Waals surface area contributed by atoms with Crippen LogP contribution in [0.15, 0.2) is 170 Å². The van der Waals surface area contributed by atoms with Crippen molar-refractivity contribution in [2.45, 2.75) is 0 Å². The lowest BCUT2D eigenvalue weighted by Gasteiger charge is -2.10. The average molecular weight is 821 g/mol. The van der Waals surface area contributed by atoms with Crippen molar-refractivity contribution < 1.29 is 38.5 Å². The van der Waals surface area contributed by atoms with Gasteiger partial charge in [-0.2, -0.15) is 8.42 Å². The van der Waals surface area contributed by atoms with Crippen LogP contribution >= 0.6 is 0 Å². The lowest BCUT2D eigenvalue weighted by atomic mass is 9.92. The first-order chi connectivity index (χ1) is 28.9. The molecule has 0 bridgehead atoms. The number of hydrogen-bond acceptors (Lipinski definition) is 6. The van der Waals surface area contributed by atoms with E-state index in [1.807, 2.05) is 170 Å². The maximum absolute atomic E-state index is 11.6. The Morgan fingerprint density at radius 2 is 0.443 bits per heavy atom. The number of benzene rings is 8. The fourth-order valence-corrected chi connectivity index (χ4v) is 7.88. The number of allylic oxidation sites excluding steroid dienone is 4. The number of hydrogen-bond donors (Lipinski definition) is 0. The SMILES string of the molecule is O.O.O=C1C=Cc2cccc3cccc1c23.O=C1C=Cc2cccc3cccc1c23.O=C1C=Cc2cccc3cccc1c23.O=C1C=Cc2cccc3cccc1c23.O=S=O. The molecule has 0 unspecified atom stereocenters. The number of ketones is 4. The molecule has 4 aliphatic rings. The zero-order valence-electron chi connectivity index (χ0n) is 32.3. The largest absolute Gasteiger partial charge is 0.412 e. The van der Waals surface area contributed by atoms with E-state index in [-0.39, 0.29) is 34.1 Å². The molecule has 8 aromatic rings. The van der Waals surface area contributed by atoms with Crippen LogP contribution in [0.4, 0.5) is 0 Å². The predicted octanol–water partition coefficient (Wildman–Crippen LogP) is 9.88. The predicted molar refractivity (Wildman–Crippen MR) is 245 cm³/mol. The van der Waals surface area contributed by atoms with Crippen molar-refractivity contribution >= 4 is 102 Å². The Morgan fingerprint density at radius 3 is 0.639 bits per heavy atom. The lowest BCUT2D eigenvalue weighted by Crippen LogP contribution is -2.00. The Kier molecular flexibility index (Phi) is 13.2. The summed E-state index contributed by atoms with van der Waals surface area (Å²) in [6, 6.07) is 47.8. The number of rotatable bonds is 0. The van der Waals surface area contributed by atoms with Gasteiger partial charge in [-0.25, -0.2) is 0 Å². The van der Waals surface area contributed by atoms with Crippen molar-refractivity contribution in [3.05, 3.63) is 214 Å². The fraction of sp³-hybridized carbons (Fsp3) is 0. The van der Waals surface area contributed by atoms with Gasteiger partial charge in [0.05, 0.1) is 0 Å². The van der Waals surface area contributed by atoms with Gasteiger partial charge in [-0.3, -0.25) is 19.2 Å². The molecule has 9 heteroatoms. The zero-order valence-corrected chi connectivity index (χ0v) is 33.1. The summed E-state index contributed by atoms with van der Waals surface area (Å²) >= 11 is -0.750. The molecule has 61 heavy (non-hydrogen) atoms. The van der Waals surface area contributed by atoms with E-state index in [1.165, 1.54) is 0 Å². The molecule has 0 fully saturated rings. The minimum atomic E-state index is -0.750. The van der Waals surface area contributed by atoms with Gasteiger partial charge in [0.2, 0.25) is 0 Å². The van der Waals surface area contributed by atoms with Gasteiger partial charge in [-0.15, -0.1) is 0 Å². The molecule has 0 saturated carbocycles. The van der Waals surface area contributed by atoms with Crippen molar-refractivity contribution in [3.8, 4) is 0 Å². The summed E-state index contributed by atoms with van der Waals surface area (Å²) in [5.41, 5.74) is 7.83. The minimum Gasteiger partial charge on any atom is -0.412 e. The van der Waals surface area contributed by atoms with Crippen molar-refractivity contribution in [2.75, 3.05) is 0 Å². The quantitative estimate of drug-likeness (QED) is 0.148. The van der Waals surface area contributed by atoms with Gasteiger partial charge in [-0.1, -0.05) is 170 Å². The second kappa shape index (κ2) is 18.8. The molecule has 0 aromatic heterocycles. The van der Waals surface area contributed by atoms with Gasteiger partial charge in [0.1, 0.15) is 0 Å². The summed E-state index contributed by atoms with van der Waals surface area (Å²) in [5.74, 6) is 0.423. The van der Waals surface area contributed by atoms with Crippen molar-refractivity contribution in [3.63, 3.8) is 0 Å².